The molecule has 0 aliphatic heterocycles. The summed E-state index contributed by atoms with van der Waals surface area (Å²) in [4.78, 5) is 19.4. The highest BCUT2D eigenvalue weighted by Gasteiger charge is 2.27. The number of carbonyl (C=O) groups excluding carboxylic acids is 1. The summed E-state index contributed by atoms with van der Waals surface area (Å²) in [5, 5.41) is 9.84. The first kappa shape index (κ1) is 10.4. The molecule has 11 heavy (non-hydrogen) atoms. The molecule has 1 unspecified atom stereocenters. The fraction of sp³-hybridized carbons (Fsp3) is 0.750. The summed E-state index contributed by atoms with van der Waals surface area (Å²) in [6.45, 7) is -0.0720. The molecule has 0 saturated heterocycles. The van der Waals surface area contributed by atoms with Crippen LogP contribution >= 0.6 is 23.2 Å². The Labute approximate surface area is 72.4 Å². The largest absolute Gasteiger partial charge is 0.458 e. The van der Waals surface area contributed by atoms with Crippen molar-refractivity contribution < 1.29 is 14.5 Å². The van der Waals surface area contributed by atoms with Gasteiger partial charge >= 0.3 is 11.5 Å². The summed E-state index contributed by atoms with van der Waals surface area (Å²) in [5.74, 6) is -0.995. The summed E-state index contributed by atoms with van der Waals surface area (Å²) in [5.41, 5.74) is -1.83. The number of ether oxygens (including phenoxy) is 1. The fourth-order valence-corrected chi connectivity index (χ4v) is 0.434. The first-order chi connectivity index (χ1) is 5.09. The Morgan fingerprint density at radius 1 is 1.73 bits per heavy atom. The van der Waals surface area contributed by atoms with Gasteiger partial charge in [0.2, 0.25) is 0 Å². The molecule has 0 fully saturated rings. The molecule has 64 valence electrons. The van der Waals surface area contributed by atoms with Crippen molar-refractivity contribution in [3.63, 3.8) is 0 Å². The van der Waals surface area contributed by atoms with Crippen LogP contribution in [-0.2, 0) is 9.53 Å². The molecule has 7 heteroatoms. The van der Waals surface area contributed by atoms with Crippen molar-refractivity contribution in [3.8, 4) is 0 Å². The van der Waals surface area contributed by atoms with Gasteiger partial charge in [0.15, 0.2) is 0 Å². The van der Waals surface area contributed by atoms with Crippen LogP contribution in [0.3, 0.4) is 0 Å². The van der Waals surface area contributed by atoms with Crippen molar-refractivity contribution in [3.05, 3.63) is 10.1 Å². The highest BCUT2D eigenvalue weighted by molar-refractivity contribution is 6.28. The predicted octanol–water partition coefficient (Wildman–Crippen LogP) is 0.610. The fourth-order valence-electron chi connectivity index (χ4n) is 0.294. The molecule has 0 aromatic heterocycles. The van der Waals surface area contributed by atoms with Crippen LogP contribution in [0, 0.1) is 10.1 Å². The predicted molar refractivity (Wildman–Crippen MR) is 38.3 cm³/mol. The quantitative estimate of drug-likeness (QED) is 0.220. The van der Waals surface area contributed by atoms with E-state index < -0.39 is 16.4 Å². The smallest absolute Gasteiger partial charge is 0.398 e. The molecule has 0 spiro atoms. The van der Waals surface area contributed by atoms with Crippen LogP contribution in [0.5, 0.6) is 0 Å². The van der Waals surface area contributed by atoms with Gasteiger partial charge in [-0.25, -0.2) is 4.79 Å². The number of halogens is 2. The van der Waals surface area contributed by atoms with E-state index in [0.717, 1.165) is 0 Å². The minimum atomic E-state index is -1.83. The van der Waals surface area contributed by atoms with Gasteiger partial charge in [0.05, 0.1) is 10.8 Å². The van der Waals surface area contributed by atoms with Gasteiger partial charge in [0, 0.05) is 0 Å². The number of carbonyl (C=O) groups is 1. The maximum absolute atomic E-state index is 10.5. The van der Waals surface area contributed by atoms with E-state index in [2.05, 4.69) is 4.74 Å². The topological polar surface area (TPSA) is 69.4 Å². The zero-order chi connectivity index (χ0) is 8.85. The third-order valence-corrected chi connectivity index (χ3v) is 1.19. The Hall–Kier alpha value is -0.550. The van der Waals surface area contributed by atoms with Crippen LogP contribution in [0.25, 0.3) is 0 Å². The lowest BCUT2D eigenvalue weighted by atomic mass is 10.6. The van der Waals surface area contributed by atoms with Crippen molar-refractivity contribution >= 4 is 29.2 Å². The standard InChI is InChI=1S/C4H5Cl2NO4/c5-1-2-11-4(8)3(6)7(9)10/h3H,1-2H2. The molecule has 0 N–H and O–H groups in total. The number of hydrogen-bond acceptors (Lipinski definition) is 4. The second-order valence-corrected chi connectivity index (χ2v) is 2.27. The van der Waals surface area contributed by atoms with Gasteiger partial charge in [-0.3, -0.25) is 10.1 Å². The lowest BCUT2D eigenvalue weighted by Crippen LogP contribution is -2.26. The second-order valence-electron chi connectivity index (χ2n) is 1.48. The normalized spacial score (nSPS) is 12.2. The Morgan fingerprint density at radius 3 is 2.64 bits per heavy atom. The molecule has 0 saturated carbocycles. The molecule has 0 heterocycles. The van der Waals surface area contributed by atoms with E-state index in [1.807, 2.05) is 0 Å². The van der Waals surface area contributed by atoms with Gasteiger partial charge in [-0.2, -0.15) is 0 Å². The first-order valence-corrected chi connectivity index (χ1v) is 3.57. The molecule has 5 nitrogen and oxygen atoms in total. The van der Waals surface area contributed by atoms with Crippen molar-refractivity contribution in [2.24, 2.45) is 0 Å². The van der Waals surface area contributed by atoms with Gasteiger partial charge in [-0.1, -0.05) is 0 Å². The number of nitro groups is 1. The monoisotopic (exact) mass is 201 g/mol. The van der Waals surface area contributed by atoms with Gasteiger partial charge < -0.3 is 4.74 Å². The first-order valence-electron chi connectivity index (χ1n) is 2.59. The number of nitrogens with zero attached hydrogens (tertiary/aromatic N) is 1. The maximum Gasteiger partial charge on any atom is 0.398 e. The van der Waals surface area contributed by atoms with Gasteiger partial charge in [-0.15, -0.1) is 11.6 Å². The van der Waals surface area contributed by atoms with E-state index in [1.165, 1.54) is 0 Å². The van der Waals surface area contributed by atoms with Gasteiger partial charge in [0.1, 0.15) is 6.61 Å². The van der Waals surface area contributed by atoms with E-state index in [0.29, 0.717) is 0 Å². The van der Waals surface area contributed by atoms with Crippen LogP contribution < -0.4 is 0 Å². The molecular formula is C4H5Cl2NO4. The van der Waals surface area contributed by atoms with Crippen molar-refractivity contribution in [1.82, 2.24) is 0 Å². The number of hydrogen-bond donors (Lipinski definition) is 0. The Bertz CT molecular complexity index is 162. The highest BCUT2D eigenvalue weighted by atomic mass is 35.5. The molecule has 0 aromatic rings. The molecular weight excluding hydrogens is 197 g/mol. The average Bonchev–Trinajstić information content (AvgIpc) is 1.98. The van der Waals surface area contributed by atoms with Crippen molar-refractivity contribution in [2.75, 3.05) is 12.5 Å². The summed E-state index contributed by atoms with van der Waals surface area (Å²) in [7, 11) is 0. The number of alkyl halides is 2. The third kappa shape index (κ3) is 4.00. The molecule has 0 rings (SSSR count). The Morgan fingerprint density at radius 2 is 2.27 bits per heavy atom. The lowest BCUT2D eigenvalue weighted by molar-refractivity contribution is -0.487. The SMILES string of the molecule is O=C(OCCCl)C(Cl)[N+](=O)[O-]. The van der Waals surface area contributed by atoms with E-state index >= 15 is 0 Å². The molecule has 0 bridgehead atoms. The zero-order valence-corrected chi connectivity index (χ0v) is 6.84. The molecule has 0 aromatic carbocycles. The van der Waals surface area contributed by atoms with Gasteiger partial charge in [-0.05, 0) is 11.6 Å². The lowest BCUT2D eigenvalue weighted by Gasteiger charge is -2.00. The van der Waals surface area contributed by atoms with Crippen LogP contribution in [0.2, 0.25) is 0 Å². The van der Waals surface area contributed by atoms with E-state index in [9.17, 15) is 14.9 Å². The van der Waals surface area contributed by atoms with E-state index in [4.69, 9.17) is 23.2 Å². The summed E-state index contributed by atoms with van der Waals surface area (Å²) in [6.07, 6.45) is 0. The minimum absolute atomic E-state index is 0.0720. The maximum atomic E-state index is 10.5. The number of rotatable bonds is 4. The van der Waals surface area contributed by atoms with Crippen LogP contribution in [0.15, 0.2) is 0 Å². The summed E-state index contributed by atoms with van der Waals surface area (Å²) >= 11 is 10.1. The Kier molecular flexibility index (Phi) is 4.89. The van der Waals surface area contributed by atoms with Gasteiger partial charge in [0.25, 0.3) is 0 Å². The second kappa shape index (κ2) is 5.15. The third-order valence-electron chi connectivity index (χ3n) is 0.701. The van der Waals surface area contributed by atoms with Crippen molar-refractivity contribution in [1.29, 1.82) is 0 Å². The van der Waals surface area contributed by atoms with E-state index in [-0.39, 0.29) is 12.5 Å². The number of esters is 1. The molecule has 0 amide bonds. The van der Waals surface area contributed by atoms with Crippen LogP contribution in [-0.4, -0.2) is 28.9 Å². The highest BCUT2D eigenvalue weighted by Crippen LogP contribution is 1.99. The molecule has 1 atom stereocenters. The average molecular weight is 202 g/mol. The molecule has 0 aliphatic carbocycles. The zero-order valence-electron chi connectivity index (χ0n) is 5.33. The Balaban J connectivity index is 3.74. The van der Waals surface area contributed by atoms with Crippen LogP contribution in [0.4, 0.5) is 0 Å². The summed E-state index contributed by atoms with van der Waals surface area (Å²) < 4.78 is 4.27. The van der Waals surface area contributed by atoms with Crippen LogP contribution in [0.1, 0.15) is 0 Å². The minimum Gasteiger partial charge on any atom is -0.458 e. The summed E-state index contributed by atoms with van der Waals surface area (Å²) in [6, 6.07) is 0. The van der Waals surface area contributed by atoms with Crippen molar-refractivity contribution in [2.45, 2.75) is 5.50 Å². The molecule has 0 aliphatic rings. The molecule has 0 radical (unpaired) electrons. The van der Waals surface area contributed by atoms with E-state index in [1.54, 1.807) is 0 Å².